The Morgan fingerprint density at radius 3 is 2.59 bits per heavy atom. The average molecular weight is 649 g/mol. The molecule has 0 aromatic carbocycles. The maximum atomic E-state index is 14.1. The first kappa shape index (κ1) is 30.2. The van der Waals surface area contributed by atoms with E-state index in [-0.39, 0.29) is 56.1 Å². The number of hydrogen-bond acceptors (Lipinski definition) is 9. The summed E-state index contributed by atoms with van der Waals surface area (Å²) in [5.41, 5.74) is 0.466. The van der Waals surface area contributed by atoms with Gasteiger partial charge < -0.3 is 15.2 Å². The molecule has 0 spiro atoms. The van der Waals surface area contributed by atoms with E-state index in [1.807, 2.05) is 0 Å². The Hall–Kier alpha value is -4.44. The highest BCUT2D eigenvalue weighted by molar-refractivity contribution is 5.93. The SMILES string of the molecule is O=C(N[C@H](c1cn2ncc(C[C@@]3(Cc4ccon4)C[C@@H](C(F)(F)F)NC3=O)cc2n1)C1CCC(F)(F)CC1)c1nonc1C1CC1. The molecule has 17 heteroatoms. The van der Waals surface area contributed by atoms with Crippen molar-refractivity contribution in [3.05, 3.63) is 59.1 Å². The smallest absolute Gasteiger partial charge is 0.365 e. The number of nitrogens with one attached hydrogen (secondary N) is 2. The molecule has 4 aromatic heterocycles. The molecule has 2 amide bonds. The zero-order valence-electron chi connectivity index (χ0n) is 24.3. The summed E-state index contributed by atoms with van der Waals surface area (Å²) in [5.74, 6) is -4.40. The van der Waals surface area contributed by atoms with E-state index < -0.39 is 47.8 Å². The van der Waals surface area contributed by atoms with E-state index in [1.54, 1.807) is 12.3 Å². The van der Waals surface area contributed by atoms with E-state index >= 15 is 0 Å². The molecule has 4 aromatic rings. The van der Waals surface area contributed by atoms with Crippen LogP contribution in [-0.4, -0.2) is 60.0 Å². The first-order valence-corrected chi connectivity index (χ1v) is 15.0. The summed E-state index contributed by atoms with van der Waals surface area (Å²) in [5, 5.41) is 20.9. The fraction of sp³-hybridized carbons (Fsp3) is 0.552. The van der Waals surface area contributed by atoms with Crippen LogP contribution in [0, 0.1) is 11.3 Å². The number of imidazole rings is 1. The Bertz CT molecular complexity index is 1740. The van der Waals surface area contributed by atoms with Crippen LogP contribution in [0.3, 0.4) is 0 Å². The van der Waals surface area contributed by atoms with Crippen molar-refractivity contribution in [3.63, 3.8) is 0 Å². The Kier molecular flexibility index (Phi) is 7.31. The molecule has 2 N–H and O–H groups in total. The maximum Gasteiger partial charge on any atom is 0.408 e. The number of rotatable bonds is 9. The molecule has 0 bridgehead atoms. The van der Waals surface area contributed by atoms with Crippen molar-refractivity contribution >= 4 is 17.5 Å². The molecule has 3 atom stereocenters. The van der Waals surface area contributed by atoms with Gasteiger partial charge >= 0.3 is 6.18 Å². The summed E-state index contributed by atoms with van der Waals surface area (Å²) in [6.07, 6.45) is 0.279. The van der Waals surface area contributed by atoms with Crippen molar-refractivity contribution in [1.29, 1.82) is 0 Å². The number of carbonyl (C=O) groups excluding carboxylic acids is 2. The molecule has 5 heterocycles. The number of carbonyl (C=O) groups is 2. The Morgan fingerprint density at radius 2 is 1.91 bits per heavy atom. The number of aromatic nitrogens is 6. The third kappa shape index (κ3) is 5.93. The second-order valence-corrected chi connectivity index (χ2v) is 12.6. The lowest BCUT2D eigenvalue weighted by molar-refractivity contribution is -0.155. The van der Waals surface area contributed by atoms with Gasteiger partial charge in [0.2, 0.25) is 11.8 Å². The van der Waals surface area contributed by atoms with Gasteiger partial charge in [-0.05, 0) is 61.2 Å². The Morgan fingerprint density at radius 1 is 1.13 bits per heavy atom. The summed E-state index contributed by atoms with van der Waals surface area (Å²) in [7, 11) is 0. The highest BCUT2D eigenvalue weighted by Gasteiger charge is 2.55. The number of alkyl halides is 5. The highest BCUT2D eigenvalue weighted by Crippen LogP contribution is 2.44. The van der Waals surface area contributed by atoms with Gasteiger partial charge in [0.05, 0.1) is 35.2 Å². The Labute approximate surface area is 257 Å². The summed E-state index contributed by atoms with van der Waals surface area (Å²) in [4.78, 5) is 31.1. The van der Waals surface area contributed by atoms with Crippen molar-refractivity contribution in [2.24, 2.45) is 11.3 Å². The van der Waals surface area contributed by atoms with E-state index in [0.717, 1.165) is 12.8 Å². The molecule has 2 saturated carbocycles. The lowest BCUT2D eigenvalue weighted by Gasteiger charge is -2.33. The van der Waals surface area contributed by atoms with E-state index in [2.05, 4.69) is 36.2 Å². The number of nitrogens with zero attached hydrogens (tertiary/aromatic N) is 6. The number of amides is 2. The normalized spacial score (nSPS) is 24.3. The topological polar surface area (TPSA) is 153 Å². The molecule has 2 aliphatic carbocycles. The van der Waals surface area contributed by atoms with Crippen molar-refractivity contribution in [2.45, 2.75) is 87.9 Å². The number of fused-ring (bicyclic) bond motifs is 1. The fourth-order valence-electron chi connectivity index (χ4n) is 6.67. The van der Waals surface area contributed by atoms with Gasteiger partial charge in [0.25, 0.3) is 5.91 Å². The third-order valence-corrected chi connectivity index (χ3v) is 9.26. The second-order valence-electron chi connectivity index (χ2n) is 12.6. The largest absolute Gasteiger partial charge is 0.408 e. The third-order valence-electron chi connectivity index (χ3n) is 9.26. The van der Waals surface area contributed by atoms with Gasteiger partial charge in [0, 0.05) is 31.2 Å². The van der Waals surface area contributed by atoms with Crippen molar-refractivity contribution in [3.8, 4) is 0 Å². The van der Waals surface area contributed by atoms with Gasteiger partial charge in [-0.2, -0.15) is 18.3 Å². The van der Waals surface area contributed by atoms with Gasteiger partial charge in [-0.3, -0.25) is 9.59 Å². The van der Waals surface area contributed by atoms with Crippen LogP contribution in [0.2, 0.25) is 0 Å². The Balaban J connectivity index is 1.18. The summed E-state index contributed by atoms with van der Waals surface area (Å²) in [6, 6.07) is 0.310. The zero-order chi connectivity index (χ0) is 32.3. The van der Waals surface area contributed by atoms with Crippen molar-refractivity contribution in [2.75, 3.05) is 0 Å². The van der Waals surface area contributed by atoms with Gasteiger partial charge in [0.1, 0.15) is 18.0 Å². The van der Waals surface area contributed by atoms with Crippen LogP contribution in [0.1, 0.15) is 90.0 Å². The molecular formula is C29H29F5N8O4. The maximum absolute atomic E-state index is 14.1. The van der Waals surface area contributed by atoms with Gasteiger partial charge in [0.15, 0.2) is 11.3 Å². The minimum absolute atomic E-state index is 0.0437. The zero-order valence-corrected chi connectivity index (χ0v) is 24.3. The van der Waals surface area contributed by atoms with E-state index in [4.69, 9.17) is 9.15 Å². The number of halogens is 5. The quantitative estimate of drug-likeness (QED) is 0.250. The van der Waals surface area contributed by atoms with Gasteiger partial charge in [-0.1, -0.05) is 10.3 Å². The predicted molar refractivity (Wildman–Crippen MR) is 145 cm³/mol. The van der Waals surface area contributed by atoms with Crippen LogP contribution in [0.4, 0.5) is 22.0 Å². The second kappa shape index (κ2) is 11.1. The first-order chi connectivity index (χ1) is 21.9. The molecule has 0 radical (unpaired) electrons. The highest BCUT2D eigenvalue weighted by atomic mass is 19.4. The molecular weight excluding hydrogens is 619 g/mol. The molecule has 244 valence electrons. The molecule has 0 unspecified atom stereocenters. The monoisotopic (exact) mass is 648 g/mol. The molecule has 1 saturated heterocycles. The van der Waals surface area contributed by atoms with Crippen molar-refractivity contribution in [1.82, 2.24) is 40.7 Å². The summed E-state index contributed by atoms with van der Waals surface area (Å²) >= 11 is 0. The minimum Gasteiger partial charge on any atom is -0.365 e. The molecule has 7 rings (SSSR count). The molecule has 1 aliphatic heterocycles. The molecule has 12 nitrogen and oxygen atoms in total. The van der Waals surface area contributed by atoms with E-state index in [9.17, 15) is 31.5 Å². The fourth-order valence-corrected chi connectivity index (χ4v) is 6.67. The van der Waals surface area contributed by atoms with Crippen molar-refractivity contribution < 1.29 is 40.7 Å². The summed E-state index contributed by atoms with van der Waals surface area (Å²) < 4.78 is 80.3. The van der Waals surface area contributed by atoms with Crippen LogP contribution in [0.25, 0.3) is 5.65 Å². The van der Waals surface area contributed by atoms with Crippen LogP contribution in [0.5, 0.6) is 0 Å². The average Bonchev–Trinajstić information content (AvgIpc) is 3.37. The minimum atomic E-state index is -4.63. The van der Waals surface area contributed by atoms with E-state index in [1.165, 1.54) is 23.0 Å². The standard InChI is InChI=1S/C29H29F5N8O4/c30-28(31)6-3-17(4-7-28)22(38-25(43)24-23(16-1-2-16)40-46-41-24)19-14-42-21(36-19)9-15(13-35-42)10-27(11-18-5-8-45-39-18)12-20(29(32,33)34)37-26(27)44/h5,8-9,13-14,16-17,20,22H,1-4,6-7,10-12H2,(H,37,44)(H,38,43)/t20-,22-,27+/m0/s1. The first-order valence-electron chi connectivity index (χ1n) is 15.0. The lowest BCUT2D eigenvalue weighted by Crippen LogP contribution is -2.39. The number of hydrogen-bond donors (Lipinski definition) is 2. The lowest BCUT2D eigenvalue weighted by atomic mass is 9.75. The van der Waals surface area contributed by atoms with Gasteiger partial charge in [-0.25, -0.2) is 22.9 Å². The summed E-state index contributed by atoms with van der Waals surface area (Å²) in [6.45, 7) is 0. The van der Waals surface area contributed by atoms with Crippen LogP contribution >= 0.6 is 0 Å². The van der Waals surface area contributed by atoms with E-state index in [0.29, 0.717) is 28.3 Å². The molecule has 46 heavy (non-hydrogen) atoms. The van der Waals surface area contributed by atoms with Crippen LogP contribution in [0.15, 0.2) is 39.9 Å². The molecule has 3 aliphatic rings. The van der Waals surface area contributed by atoms with Gasteiger partial charge in [-0.15, -0.1) is 0 Å². The van der Waals surface area contributed by atoms with Crippen LogP contribution in [-0.2, 0) is 17.6 Å². The molecule has 3 fully saturated rings. The predicted octanol–water partition coefficient (Wildman–Crippen LogP) is 4.50. The van der Waals surface area contributed by atoms with Crippen LogP contribution < -0.4 is 10.6 Å².